The quantitative estimate of drug-likeness (QED) is 0.684. The van der Waals surface area contributed by atoms with E-state index in [0.29, 0.717) is 28.9 Å². The van der Waals surface area contributed by atoms with Crippen LogP contribution in [0.25, 0.3) is 10.9 Å². The first-order valence-electron chi connectivity index (χ1n) is 6.91. The Morgan fingerprint density at radius 1 is 1.22 bits per heavy atom. The predicted octanol–water partition coefficient (Wildman–Crippen LogP) is 2.73. The molecule has 1 aromatic heterocycles. The molecule has 3 N–H and O–H groups in total. The Bertz CT molecular complexity index is 870. The topological polar surface area (TPSA) is 94.4 Å². The third-order valence-corrected chi connectivity index (χ3v) is 3.39. The molecular weight excluding hydrogens is 296 g/mol. The number of aromatic nitrogens is 1. The Labute approximate surface area is 131 Å². The lowest BCUT2D eigenvalue weighted by Crippen LogP contribution is -2.12. The van der Waals surface area contributed by atoms with Gasteiger partial charge in [-0.1, -0.05) is 12.1 Å². The van der Waals surface area contributed by atoms with E-state index in [2.05, 4.69) is 4.98 Å². The molecule has 0 bridgehead atoms. The van der Waals surface area contributed by atoms with Crippen LogP contribution in [-0.2, 0) is 16.1 Å². The van der Waals surface area contributed by atoms with E-state index < -0.39 is 5.91 Å². The molecule has 6 nitrogen and oxygen atoms in total. The van der Waals surface area contributed by atoms with Crippen molar-refractivity contribution in [2.45, 2.75) is 6.61 Å². The summed E-state index contributed by atoms with van der Waals surface area (Å²) >= 11 is 0. The third-order valence-electron chi connectivity index (χ3n) is 3.39. The fraction of sp³-hybridized carbons (Fsp3) is 0.0588. The average molecular weight is 310 g/mol. The van der Waals surface area contributed by atoms with Gasteiger partial charge in [0, 0.05) is 17.1 Å². The standard InChI is InChI=1S/C17H14N2O4/c18-17(21)16-13-6-7-19-14(13)4-5-15(16)23-12-3-1-2-11(8-12)9-22-10-20/h1-8,10,19H,9H2,(H2,18,21). The Balaban J connectivity index is 1.96. The minimum absolute atomic E-state index is 0.153. The summed E-state index contributed by atoms with van der Waals surface area (Å²) in [6.07, 6.45) is 1.73. The van der Waals surface area contributed by atoms with Crippen LogP contribution in [0.3, 0.4) is 0 Å². The van der Waals surface area contributed by atoms with Crippen molar-refractivity contribution in [1.29, 1.82) is 0 Å². The number of nitrogens with two attached hydrogens (primary N) is 1. The van der Waals surface area contributed by atoms with Crippen LogP contribution in [0.4, 0.5) is 0 Å². The van der Waals surface area contributed by atoms with E-state index >= 15 is 0 Å². The first-order valence-corrected chi connectivity index (χ1v) is 6.91. The fourth-order valence-corrected chi connectivity index (χ4v) is 2.41. The molecule has 0 aliphatic heterocycles. The molecule has 0 aliphatic carbocycles. The molecular formula is C17H14N2O4. The highest BCUT2D eigenvalue weighted by Crippen LogP contribution is 2.31. The molecule has 1 amide bonds. The van der Waals surface area contributed by atoms with Gasteiger partial charge in [0.1, 0.15) is 18.1 Å². The summed E-state index contributed by atoms with van der Waals surface area (Å²) in [5, 5.41) is 0.704. The zero-order valence-electron chi connectivity index (χ0n) is 12.1. The number of H-pyrrole nitrogens is 1. The average Bonchev–Trinajstić information content (AvgIpc) is 3.01. The van der Waals surface area contributed by atoms with E-state index in [9.17, 15) is 9.59 Å². The molecule has 3 aromatic rings. The van der Waals surface area contributed by atoms with Gasteiger partial charge in [0.15, 0.2) is 0 Å². The van der Waals surface area contributed by atoms with E-state index in [-0.39, 0.29) is 6.61 Å². The maximum Gasteiger partial charge on any atom is 0.293 e. The summed E-state index contributed by atoms with van der Waals surface area (Å²) in [5.74, 6) is 0.332. The molecule has 0 atom stereocenters. The van der Waals surface area contributed by atoms with E-state index in [0.717, 1.165) is 11.1 Å². The van der Waals surface area contributed by atoms with Crippen molar-refractivity contribution in [3.63, 3.8) is 0 Å². The number of benzene rings is 2. The van der Waals surface area contributed by atoms with Gasteiger partial charge in [-0.2, -0.15) is 0 Å². The zero-order chi connectivity index (χ0) is 16.2. The van der Waals surface area contributed by atoms with E-state index in [4.69, 9.17) is 15.2 Å². The van der Waals surface area contributed by atoms with Gasteiger partial charge in [-0.3, -0.25) is 9.59 Å². The number of primary amides is 1. The molecule has 23 heavy (non-hydrogen) atoms. The molecule has 0 unspecified atom stereocenters. The predicted molar refractivity (Wildman–Crippen MR) is 84.2 cm³/mol. The van der Waals surface area contributed by atoms with Crippen molar-refractivity contribution in [2.24, 2.45) is 5.73 Å². The highest BCUT2D eigenvalue weighted by molar-refractivity contribution is 6.08. The van der Waals surface area contributed by atoms with E-state index in [1.165, 1.54) is 0 Å². The van der Waals surface area contributed by atoms with Crippen LogP contribution in [0.2, 0.25) is 0 Å². The Morgan fingerprint density at radius 2 is 2.09 bits per heavy atom. The highest BCUT2D eigenvalue weighted by Gasteiger charge is 2.15. The number of carbonyl (C=O) groups is 2. The SMILES string of the molecule is NC(=O)c1c(Oc2cccc(COC=O)c2)ccc2[nH]ccc12. The molecule has 0 fully saturated rings. The lowest BCUT2D eigenvalue weighted by Gasteiger charge is -2.11. The Hall–Kier alpha value is -3.28. The fourth-order valence-electron chi connectivity index (χ4n) is 2.41. The first-order chi connectivity index (χ1) is 11.2. The van der Waals surface area contributed by atoms with Crippen molar-refractivity contribution < 1.29 is 19.1 Å². The van der Waals surface area contributed by atoms with Crippen molar-refractivity contribution >= 4 is 23.3 Å². The van der Waals surface area contributed by atoms with Crippen molar-refractivity contribution in [2.75, 3.05) is 0 Å². The number of rotatable bonds is 6. The summed E-state index contributed by atoms with van der Waals surface area (Å²) in [6, 6.07) is 12.3. The minimum Gasteiger partial charge on any atom is -0.463 e. The number of fused-ring (bicyclic) bond motifs is 1. The van der Waals surface area contributed by atoms with Crippen molar-refractivity contribution in [3.05, 3.63) is 59.8 Å². The number of nitrogens with one attached hydrogen (secondary N) is 1. The lowest BCUT2D eigenvalue weighted by atomic mass is 10.1. The maximum atomic E-state index is 11.8. The molecule has 116 valence electrons. The van der Waals surface area contributed by atoms with Crippen LogP contribution in [-0.4, -0.2) is 17.4 Å². The summed E-state index contributed by atoms with van der Waals surface area (Å²) in [4.78, 5) is 25.1. The van der Waals surface area contributed by atoms with Crippen LogP contribution < -0.4 is 10.5 Å². The van der Waals surface area contributed by atoms with Crippen molar-refractivity contribution in [1.82, 2.24) is 4.98 Å². The smallest absolute Gasteiger partial charge is 0.293 e. The molecule has 0 spiro atoms. The van der Waals surface area contributed by atoms with Gasteiger partial charge in [-0.15, -0.1) is 0 Å². The molecule has 3 rings (SSSR count). The molecule has 0 saturated carbocycles. The number of carbonyl (C=O) groups excluding carboxylic acids is 2. The van der Waals surface area contributed by atoms with Crippen LogP contribution in [0, 0.1) is 0 Å². The number of ether oxygens (including phenoxy) is 2. The molecule has 0 radical (unpaired) electrons. The largest absolute Gasteiger partial charge is 0.463 e. The van der Waals surface area contributed by atoms with Crippen LogP contribution in [0.15, 0.2) is 48.7 Å². The maximum absolute atomic E-state index is 11.8. The van der Waals surface area contributed by atoms with E-state index in [1.54, 1.807) is 42.6 Å². The van der Waals surface area contributed by atoms with Gasteiger partial charge in [0.05, 0.1) is 5.56 Å². The second kappa shape index (κ2) is 6.23. The molecule has 0 saturated heterocycles. The lowest BCUT2D eigenvalue weighted by molar-refractivity contribution is -0.129. The Kier molecular flexibility index (Phi) is 3.97. The third kappa shape index (κ3) is 3.01. The number of hydrogen-bond acceptors (Lipinski definition) is 4. The zero-order valence-corrected chi connectivity index (χ0v) is 12.1. The normalized spacial score (nSPS) is 10.4. The number of aromatic amines is 1. The highest BCUT2D eigenvalue weighted by atomic mass is 16.5. The van der Waals surface area contributed by atoms with Crippen molar-refractivity contribution in [3.8, 4) is 11.5 Å². The van der Waals surface area contributed by atoms with Gasteiger partial charge in [-0.05, 0) is 35.9 Å². The second-order valence-electron chi connectivity index (χ2n) is 4.90. The first kappa shape index (κ1) is 14.6. The summed E-state index contributed by atoms with van der Waals surface area (Å²) in [6.45, 7) is 0.540. The van der Waals surface area contributed by atoms with Crippen LogP contribution >= 0.6 is 0 Å². The van der Waals surface area contributed by atoms with Gasteiger partial charge in [0.2, 0.25) is 0 Å². The summed E-state index contributed by atoms with van der Waals surface area (Å²) in [7, 11) is 0. The number of hydrogen-bond donors (Lipinski definition) is 2. The van der Waals surface area contributed by atoms with E-state index in [1.807, 2.05) is 6.07 Å². The molecule has 2 aromatic carbocycles. The molecule has 1 heterocycles. The van der Waals surface area contributed by atoms with Gasteiger partial charge >= 0.3 is 0 Å². The monoisotopic (exact) mass is 310 g/mol. The minimum atomic E-state index is -0.564. The second-order valence-corrected chi connectivity index (χ2v) is 4.90. The van der Waals surface area contributed by atoms with Crippen LogP contribution in [0.5, 0.6) is 11.5 Å². The summed E-state index contributed by atoms with van der Waals surface area (Å²) in [5.41, 5.74) is 7.40. The molecule has 0 aliphatic rings. The molecule has 6 heteroatoms. The Morgan fingerprint density at radius 3 is 2.87 bits per heavy atom. The van der Waals surface area contributed by atoms with Crippen LogP contribution in [0.1, 0.15) is 15.9 Å². The summed E-state index contributed by atoms with van der Waals surface area (Å²) < 4.78 is 10.5. The van der Waals surface area contributed by atoms with Gasteiger partial charge in [0.25, 0.3) is 12.4 Å². The van der Waals surface area contributed by atoms with Gasteiger partial charge < -0.3 is 20.2 Å². The van der Waals surface area contributed by atoms with Gasteiger partial charge in [-0.25, -0.2) is 0 Å². The number of amides is 1.